The number of nitrogens with zero attached hydrogens (tertiary/aromatic N) is 2. The third-order valence-electron chi connectivity index (χ3n) is 1.57. The molecule has 1 heterocycles. The first-order valence-electron chi connectivity index (χ1n) is 4.12. The molecule has 0 bridgehead atoms. The van der Waals surface area contributed by atoms with Gasteiger partial charge >= 0.3 is 0 Å². The maximum Gasteiger partial charge on any atom is 0.166 e. The third-order valence-corrected chi connectivity index (χ3v) is 1.92. The zero-order valence-corrected chi connectivity index (χ0v) is 8.32. The molecule has 0 saturated heterocycles. The average molecular weight is 199 g/mol. The third kappa shape index (κ3) is 3.84. The Bertz CT molecular complexity index is 245. The normalized spacial score (nSPS) is 9.62. The fourth-order valence-electron chi connectivity index (χ4n) is 0.897. The minimum atomic E-state index is 0.678. The van der Waals surface area contributed by atoms with Crippen molar-refractivity contribution in [2.75, 3.05) is 13.6 Å². The molecule has 72 valence electrons. The SMILES string of the molecule is CNC(=S)NCCCc1ncn[nH]1. The summed E-state index contributed by atoms with van der Waals surface area (Å²) in [5.74, 6) is 0.914. The smallest absolute Gasteiger partial charge is 0.166 e. The van der Waals surface area contributed by atoms with Crippen molar-refractivity contribution in [1.29, 1.82) is 0 Å². The van der Waals surface area contributed by atoms with Gasteiger partial charge in [0.15, 0.2) is 5.11 Å². The van der Waals surface area contributed by atoms with Crippen molar-refractivity contribution in [3.8, 4) is 0 Å². The molecular formula is C7H13N5S. The van der Waals surface area contributed by atoms with Crippen LogP contribution in [0, 0.1) is 0 Å². The summed E-state index contributed by atoms with van der Waals surface area (Å²) in [5.41, 5.74) is 0. The first kappa shape index (κ1) is 9.91. The molecule has 1 rings (SSSR count). The van der Waals surface area contributed by atoms with Gasteiger partial charge in [0, 0.05) is 20.0 Å². The molecule has 0 amide bonds. The van der Waals surface area contributed by atoms with Gasteiger partial charge in [-0.25, -0.2) is 4.98 Å². The van der Waals surface area contributed by atoms with E-state index in [-0.39, 0.29) is 0 Å². The average Bonchev–Trinajstić information content (AvgIpc) is 2.64. The largest absolute Gasteiger partial charge is 0.366 e. The first-order chi connectivity index (χ1) is 6.33. The van der Waals surface area contributed by atoms with Crippen LogP contribution in [0.4, 0.5) is 0 Å². The minimum absolute atomic E-state index is 0.678. The lowest BCUT2D eigenvalue weighted by atomic mass is 10.3. The zero-order chi connectivity index (χ0) is 9.52. The van der Waals surface area contributed by atoms with Crippen LogP contribution in [0.1, 0.15) is 12.2 Å². The van der Waals surface area contributed by atoms with Crippen molar-refractivity contribution < 1.29 is 0 Å². The molecule has 0 radical (unpaired) electrons. The molecule has 1 aromatic heterocycles. The Morgan fingerprint density at radius 1 is 1.69 bits per heavy atom. The van der Waals surface area contributed by atoms with Crippen LogP contribution in [-0.2, 0) is 6.42 Å². The molecule has 5 nitrogen and oxygen atoms in total. The minimum Gasteiger partial charge on any atom is -0.366 e. The van der Waals surface area contributed by atoms with Gasteiger partial charge in [0.25, 0.3) is 0 Å². The van der Waals surface area contributed by atoms with E-state index >= 15 is 0 Å². The van der Waals surface area contributed by atoms with Crippen LogP contribution < -0.4 is 10.6 Å². The molecule has 6 heteroatoms. The van der Waals surface area contributed by atoms with Gasteiger partial charge in [-0.1, -0.05) is 0 Å². The molecule has 0 aliphatic carbocycles. The first-order valence-corrected chi connectivity index (χ1v) is 4.53. The molecule has 1 aromatic rings. The lowest BCUT2D eigenvalue weighted by Gasteiger charge is -2.04. The zero-order valence-electron chi connectivity index (χ0n) is 7.50. The highest BCUT2D eigenvalue weighted by Gasteiger charge is 1.95. The number of nitrogens with one attached hydrogen (secondary N) is 3. The molecule has 13 heavy (non-hydrogen) atoms. The molecule has 0 aromatic carbocycles. The number of aromatic nitrogens is 3. The Hall–Kier alpha value is -1.17. The Morgan fingerprint density at radius 3 is 3.15 bits per heavy atom. The summed E-state index contributed by atoms with van der Waals surface area (Å²) in [6, 6.07) is 0. The number of hydrogen-bond donors (Lipinski definition) is 3. The van der Waals surface area contributed by atoms with Crippen LogP contribution in [0.5, 0.6) is 0 Å². The predicted molar refractivity (Wildman–Crippen MR) is 54.4 cm³/mol. The topological polar surface area (TPSA) is 65.6 Å². The van der Waals surface area contributed by atoms with Crippen LogP contribution in [0.2, 0.25) is 0 Å². The summed E-state index contributed by atoms with van der Waals surface area (Å²) in [6.07, 6.45) is 3.39. The summed E-state index contributed by atoms with van der Waals surface area (Å²) >= 11 is 4.91. The summed E-state index contributed by atoms with van der Waals surface area (Å²) < 4.78 is 0. The molecule has 3 N–H and O–H groups in total. The molecule has 0 atom stereocenters. The van der Waals surface area contributed by atoms with Gasteiger partial charge in [0.2, 0.25) is 0 Å². The Morgan fingerprint density at radius 2 is 2.54 bits per heavy atom. The molecule has 0 spiro atoms. The van der Waals surface area contributed by atoms with E-state index < -0.39 is 0 Å². The number of thiocarbonyl (C=S) groups is 1. The summed E-state index contributed by atoms with van der Waals surface area (Å²) in [7, 11) is 1.80. The number of hydrogen-bond acceptors (Lipinski definition) is 3. The second-order valence-electron chi connectivity index (χ2n) is 2.54. The highest BCUT2D eigenvalue weighted by molar-refractivity contribution is 7.80. The summed E-state index contributed by atoms with van der Waals surface area (Å²) in [5, 5.41) is 13.1. The van der Waals surface area contributed by atoms with E-state index in [2.05, 4.69) is 25.8 Å². The monoisotopic (exact) mass is 199 g/mol. The molecule has 0 aliphatic rings. The van der Waals surface area contributed by atoms with Crippen LogP contribution >= 0.6 is 12.2 Å². The summed E-state index contributed by atoms with van der Waals surface area (Å²) in [6.45, 7) is 0.848. The van der Waals surface area contributed by atoms with E-state index in [1.165, 1.54) is 6.33 Å². The standard InChI is InChI=1S/C7H13N5S/c1-8-7(13)9-4-2-3-6-10-5-11-12-6/h5H,2-4H2,1H3,(H2,8,9,13)(H,10,11,12). The van der Waals surface area contributed by atoms with Crippen LogP contribution in [0.25, 0.3) is 0 Å². The van der Waals surface area contributed by atoms with Gasteiger partial charge in [-0.3, -0.25) is 5.10 Å². The predicted octanol–water partition coefficient (Wildman–Crippen LogP) is -0.169. The second kappa shape index (κ2) is 5.47. The molecule has 0 unspecified atom stereocenters. The summed E-state index contributed by atoms with van der Waals surface area (Å²) in [4.78, 5) is 4.01. The van der Waals surface area contributed by atoms with E-state index in [1.807, 2.05) is 0 Å². The van der Waals surface area contributed by atoms with E-state index in [0.29, 0.717) is 5.11 Å². The van der Waals surface area contributed by atoms with Gasteiger partial charge in [-0.05, 0) is 18.6 Å². The number of H-pyrrole nitrogens is 1. The fraction of sp³-hybridized carbons (Fsp3) is 0.571. The van der Waals surface area contributed by atoms with Crippen molar-refractivity contribution in [3.63, 3.8) is 0 Å². The van der Waals surface area contributed by atoms with Crippen LogP contribution in [-0.4, -0.2) is 33.9 Å². The molecule has 0 aliphatic heterocycles. The van der Waals surface area contributed by atoms with E-state index in [4.69, 9.17) is 12.2 Å². The van der Waals surface area contributed by atoms with Crippen molar-refractivity contribution in [2.45, 2.75) is 12.8 Å². The molecule has 0 fully saturated rings. The maximum atomic E-state index is 4.91. The Balaban J connectivity index is 2.05. The molecule has 0 saturated carbocycles. The lowest BCUT2D eigenvalue weighted by Crippen LogP contribution is -2.33. The van der Waals surface area contributed by atoms with E-state index in [1.54, 1.807) is 7.05 Å². The Labute approximate surface area is 82.3 Å². The van der Waals surface area contributed by atoms with Gasteiger partial charge < -0.3 is 10.6 Å². The maximum absolute atomic E-state index is 4.91. The molecular weight excluding hydrogens is 186 g/mol. The highest BCUT2D eigenvalue weighted by Crippen LogP contribution is 1.90. The van der Waals surface area contributed by atoms with Crippen molar-refractivity contribution in [3.05, 3.63) is 12.2 Å². The van der Waals surface area contributed by atoms with Gasteiger partial charge in [-0.15, -0.1) is 0 Å². The fourth-order valence-corrected chi connectivity index (χ4v) is 0.999. The van der Waals surface area contributed by atoms with Crippen molar-refractivity contribution >= 4 is 17.3 Å². The second-order valence-corrected chi connectivity index (χ2v) is 2.95. The highest BCUT2D eigenvalue weighted by atomic mass is 32.1. The van der Waals surface area contributed by atoms with Crippen molar-refractivity contribution in [2.24, 2.45) is 0 Å². The quantitative estimate of drug-likeness (QED) is 0.464. The van der Waals surface area contributed by atoms with Crippen LogP contribution in [0.15, 0.2) is 6.33 Å². The number of aryl methyl sites for hydroxylation is 1. The number of rotatable bonds is 4. The van der Waals surface area contributed by atoms with Crippen LogP contribution in [0.3, 0.4) is 0 Å². The number of aromatic amines is 1. The lowest BCUT2D eigenvalue weighted by molar-refractivity contribution is 0.738. The Kier molecular flexibility index (Phi) is 4.17. The van der Waals surface area contributed by atoms with E-state index in [0.717, 1.165) is 25.2 Å². The van der Waals surface area contributed by atoms with Gasteiger partial charge in [-0.2, -0.15) is 5.10 Å². The van der Waals surface area contributed by atoms with E-state index in [9.17, 15) is 0 Å². The van der Waals surface area contributed by atoms with Gasteiger partial charge in [0.1, 0.15) is 12.2 Å². The van der Waals surface area contributed by atoms with Crippen molar-refractivity contribution in [1.82, 2.24) is 25.8 Å². The van der Waals surface area contributed by atoms with Gasteiger partial charge in [0.05, 0.1) is 0 Å².